The van der Waals surface area contributed by atoms with Gasteiger partial charge in [-0.3, -0.25) is 0 Å². The third-order valence-electron chi connectivity index (χ3n) is 1.77. The zero-order valence-corrected chi connectivity index (χ0v) is 9.57. The first kappa shape index (κ1) is 11.7. The molecule has 15 heavy (non-hydrogen) atoms. The van der Waals surface area contributed by atoms with E-state index in [1.165, 1.54) is 12.3 Å². The van der Waals surface area contributed by atoms with Gasteiger partial charge in [-0.25, -0.2) is 9.78 Å². The number of pyridine rings is 1. The fourth-order valence-corrected chi connectivity index (χ4v) is 1.28. The van der Waals surface area contributed by atoms with Gasteiger partial charge in [0.05, 0.1) is 5.56 Å². The molecular weight excluding hydrogens is 260 g/mol. The molecule has 1 heterocycles. The molecule has 1 aromatic heterocycles. The van der Waals surface area contributed by atoms with Crippen molar-refractivity contribution in [1.29, 1.82) is 0 Å². The number of alkyl halides is 1. The van der Waals surface area contributed by atoms with Crippen LogP contribution in [0.3, 0.4) is 0 Å². The Bertz CT molecular complexity index is 391. The Balaban J connectivity index is 2.95. The number of carboxylic acids is 1. The van der Waals surface area contributed by atoms with Crippen LogP contribution in [0.5, 0.6) is 0 Å². The van der Waals surface area contributed by atoms with Crippen molar-refractivity contribution < 1.29 is 9.90 Å². The first-order valence-corrected chi connectivity index (χ1v) is 5.48. The van der Waals surface area contributed by atoms with E-state index in [9.17, 15) is 4.79 Å². The van der Waals surface area contributed by atoms with Gasteiger partial charge >= 0.3 is 5.97 Å². The summed E-state index contributed by atoms with van der Waals surface area (Å²) in [6.45, 7) is 0. The number of hydrogen-bond acceptors (Lipinski definition) is 3. The summed E-state index contributed by atoms with van der Waals surface area (Å²) in [4.78, 5) is 14.5. The minimum Gasteiger partial charge on any atom is -0.478 e. The van der Waals surface area contributed by atoms with E-state index in [2.05, 4.69) is 20.9 Å². The third-order valence-corrected chi connectivity index (χ3v) is 2.23. The van der Waals surface area contributed by atoms with Crippen LogP contribution in [0.15, 0.2) is 18.3 Å². The van der Waals surface area contributed by atoms with Gasteiger partial charge in [0.15, 0.2) is 0 Å². The van der Waals surface area contributed by atoms with E-state index in [0.29, 0.717) is 11.4 Å². The molecule has 80 valence electrons. The standard InChI is InChI=1S/C10H11BrN2O2/c11-4-2-1-3-7-5-8(10(14)15)6-13-9(7)12/h1,3,5-6H,2,4H2,(H2,12,13)(H,14,15). The van der Waals surface area contributed by atoms with Crippen LogP contribution >= 0.6 is 15.9 Å². The number of rotatable bonds is 4. The second-order valence-electron chi connectivity index (χ2n) is 2.88. The fourth-order valence-electron chi connectivity index (χ4n) is 1.02. The van der Waals surface area contributed by atoms with Crippen molar-refractivity contribution in [2.45, 2.75) is 6.42 Å². The summed E-state index contributed by atoms with van der Waals surface area (Å²) in [6.07, 6.45) is 5.79. The van der Waals surface area contributed by atoms with Gasteiger partial charge in [-0.05, 0) is 12.5 Å². The normalized spacial score (nSPS) is 10.7. The number of nitrogen functional groups attached to an aromatic ring is 1. The molecule has 3 N–H and O–H groups in total. The molecule has 0 aromatic carbocycles. The lowest BCUT2D eigenvalue weighted by Gasteiger charge is -2.00. The Morgan fingerprint density at radius 2 is 2.40 bits per heavy atom. The first-order valence-electron chi connectivity index (χ1n) is 4.36. The van der Waals surface area contributed by atoms with Crippen molar-refractivity contribution in [3.05, 3.63) is 29.5 Å². The monoisotopic (exact) mass is 270 g/mol. The lowest BCUT2D eigenvalue weighted by molar-refractivity contribution is 0.0696. The van der Waals surface area contributed by atoms with E-state index in [-0.39, 0.29) is 5.56 Å². The average Bonchev–Trinajstić information content (AvgIpc) is 2.20. The molecule has 0 saturated carbocycles. The highest BCUT2D eigenvalue weighted by Crippen LogP contribution is 2.13. The fraction of sp³-hybridized carbons (Fsp3) is 0.200. The second-order valence-corrected chi connectivity index (χ2v) is 3.68. The van der Waals surface area contributed by atoms with Gasteiger partial charge in [0, 0.05) is 17.1 Å². The largest absolute Gasteiger partial charge is 0.478 e. The van der Waals surface area contributed by atoms with Crippen LogP contribution < -0.4 is 5.73 Å². The van der Waals surface area contributed by atoms with Crippen molar-refractivity contribution in [3.63, 3.8) is 0 Å². The zero-order chi connectivity index (χ0) is 11.3. The molecule has 0 aliphatic carbocycles. The maximum absolute atomic E-state index is 10.7. The highest BCUT2D eigenvalue weighted by molar-refractivity contribution is 9.09. The maximum atomic E-state index is 10.7. The van der Waals surface area contributed by atoms with Gasteiger partial charge in [0.25, 0.3) is 0 Å². The number of aromatic carboxylic acids is 1. The van der Waals surface area contributed by atoms with Crippen LogP contribution in [-0.2, 0) is 0 Å². The second kappa shape index (κ2) is 5.50. The molecule has 0 unspecified atom stereocenters. The predicted octanol–water partition coefficient (Wildman–Crippen LogP) is 2.16. The number of nitrogens with two attached hydrogens (primary N) is 1. The highest BCUT2D eigenvalue weighted by atomic mass is 79.9. The van der Waals surface area contributed by atoms with Crippen LogP contribution in [-0.4, -0.2) is 21.4 Å². The van der Waals surface area contributed by atoms with Crippen molar-refractivity contribution in [2.75, 3.05) is 11.1 Å². The van der Waals surface area contributed by atoms with E-state index >= 15 is 0 Å². The van der Waals surface area contributed by atoms with Crippen molar-refractivity contribution in [3.8, 4) is 0 Å². The Labute approximate surface area is 95.9 Å². The molecule has 1 aromatic rings. The molecular formula is C10H11BrN2O2. The maximum Gasteiger partial charge on any atom is 0.337 e. The minimum absolute atomic E-state index is 0.141. The van der Waals surface area contributed by atoms with Crippen molar-refractivity contribution in [2.24, 2.45) is 0 Å². The lowest BCUT2D eigenvalue weighted by atomic mass is 10.1. The molecule has 0 saturated heterocycles. The third kappa shape index (κ3) is 3.36. The summed E-state index contributed by atoms with van der Waals surface area (Å²) in [5, 5.41) is 9.62. The summed E-state index contributed by atoms with van der Waals surface area (Å²) >= 11 is 3.29. The SMILES string of the molecule is Nc1ncc(C(=O)O)cc1C=CCCBr. The summed E-state index contributed by atoms with van der Waals surface area (Å²) in [5.41, 5.74) is 6.38. The van der Waals surface area contributed by atoms with E-state index in [1.54, 1.807) is 6.08 Å². The van der Waals surface area contributed by atoms with Gasteiger partial charge in [-0.2, -0.15) is 0 Å². The number of carboxylic acid groups (broad SMARTS) is 1. The number of halogens is 1. The number of hydrogen-bond donors (Lipinski definition) is 2. The molecule has 1 rings (SSSR count). The Morgan fingerprint density at radius 1 is 1.67 bits per heavy atom. The number of carbonyl (C=O) groups is 1. The Kier molecular flexibility index (Phi) is 4.30. The van der Waals surface area contributed by atoms with E-state index < -0.39 is 5.97 Å². The molecule has 0 bridgehead atoms. The molecule has 0 amide bonds. The number of aromatic nitrogens is 1. The van der Waals surface area contributed by atoms with E-state index in [1.807, 2.05) is 6.08 Å². The van der Waals surface area contributed by atoms with Crippen LogP contribution in [0.4, 0.5) is 5.82 Å². The van der Waals surface area contributed by atoms with Gasteiger partial charge in [0.2, 0.25) is 0 Å². The quantitative estimate of drug-likeness (QED) is 0.823. The molecule has 0 radical (unpaired) electrons. The smallest absolute Gasteiger partial charge is 0.337 e. The Hall–Kier alpha value is -1.36. The minimum atomic E-state index is -1.00. The zero-order valence-electron chi connectivity index (χ0n) is 7.98. The van der Waals surface area contributed by atoms with Gasteiger partial charge in [-0.15, -0.1) is 0 Å². The predicted molar refractivity (Wildman–Crippen MR) is 63.1 cm³/mol. The van der Waals surface area contributed by atoms with Crippen LogP contribution in [0, 0.1) is 0 Å². The van der Waals surface area contributed by atoms with Gasteiger partial charge in [0.1, 0.15) is 5.82 Å². The number of anilines is 1. The summed E-state index contributed by atoms with van der Waals surface area (Å²) in [5.74, 6) is -0.663. The summed E-state index contributed by atoms with van der Waals surface area (Å²) < 4.78 is 0. The molecule has 4 nitrogen and oxygen atoms in total. The summed E-state index contributed by atoms with van der Waals surface area (Å²) in [6, 6.07) is 1.51. The molecule has 0 aliphatic heterocycles. The van der Waals surface area contributed by atoms with Crippen LogP contribution in [0.2, 0.25) is 0 Å². The molecule has 5 heteroatoms. The first-order chi connectivity index (χ1) is 7.15. The van der Waals surface area contributed by atoms with E-state index in [4.69, 9.17) is 10.8 Å². The molecule has 0 atom stereocenters. The van der Waals surface area contributed by atoms with Crippen molar-refractivity contribution in [1.82, 2.24) is 4.98 Å². The number of nitrogens with zero attached hydrogens (tertiary/aromatic N) is 1. The van der Waals surface area contributed by atoms with Gasteiger partial charge in [-0.1, -0.05) is 28.1 Å². The summed E-state index contributed by atoms with van der Waals surface area (Å²) in [7, 11) is 0. The Morgan fingerprint density at radius 3 is 3.00 bits per heavy atom. The average molecular weight is 271 g/mol. The molecule has 0 fully saturated rings. The van der Waals surface area contributed by atoms with Crippen molar-refractivity contribution >= 4 is 33.8 Å². The van der Waals surface area contributed by atoms with E-state index in [0.717, 1.165) is 11.8 Å². The van der Waals surface area contributed by atoms with Gasteiger partial charge < -0.3 is 10.8 Å². The number of allylic oxidation sites excluding steroid dienone is 1. The van der Waals surface area contributed by atoms with Crippen LogP contribution in [0.25, 0.3) is 6.08 Å². The van der Waals surface area contributed by atoms with Crippen LogP contribution in [0.1, 0.15) is 22.3 Å². The molecule has 0 aliphatic rings. The lowest BCUT2D eigenvalue weighted by Crippen LogP contribution is -2.01. The topological polar surface area (TPSA) is 76.2 Å². The molecule has 0 spiro atoms. The highest BCUT2D eigenvalue weighted by Gasteiger charge is 2.05.